The van der Waals surface area contributed by atoms with Gasteiger partial charge in [0.25, 0.3) is 0 Å². The predicted molar refractivity (Wildman–Crippen MR) is 67.7 cm³/mol. The largest absolute Gasteiger partial charge is 0.240 e. The van der Waals surface area contributed by atoms with E-state index in [0.29, 0.717) is 12.3 Å². The van der Waals surface area contributed by atoms with E-state index < -0.39 is 15.8 Å². The van der Waals surface area contributed by atoms with E-state index in [2.05, 4.69) is 20.7 Å². The summed E-state index contributed by atoms with van der Waals surface area (Å²) in [5.41, 5.74) is 0. The summed E-state index contributed by atoms with van der Waals surface area (Å²) in [6, 6.07) is 3.72. The lowest BCUT2D eigenvalue weighted by Gasteiger charge is -2.06. The van der Waals surface area contributed by atoms with Crippen LogP contribution in [-0.4, -0.2) is 27.0 Å². The monoisotopic (exact) mass is 327 g/mol. The second kappa shape index (κ2) is 6.00. The van der Waals surface area contributed by atoms with Crippen LogP contribution < -0.4 is 4.72 Å². The summed E-state index contributed by atoms with van der Waals surface area (Å²) in [5, 5.41) is 0. The SMILES string of the molecule is CSCCNS(=O)(=O)c1ccc(Br)c(F)c1. The van der Waals surface area contributed by atoms with Gasteiger partial charge in [-0.2, -0.15) is 11.8 Å². The Hall–Kier alpha value is -0.110. The van der Waals surface area contributed by atoms with Gasteiger partial charge < -0.3 is 0 Å². The molecule has 90 valence electrons. The predicted octanol–water partition coefficient (Wildman–Crippen LogP) is 2.23. The van der Waals surface area contributed by atoms with Crippen LogP contribution in [0, 0.1) is 5.82 Å². The minimum atomic E-state index is -3.60. The van der Waals surface area contributed by atoms with E-state index in [1.807, 2.05) is 6.26 Å². The fourth-order valence-corrected chi connectivity index (χ4v) is 2.73. The first-order valence-electron chi connectivity index (χ1n) is 4.41. The van der Waals surface area contributed by atoms with Gasteiger partial charge in [0.1, 0.15) is 5.82 Å². The van der Waals surface area contributed by atoms with Crippen molar-refractivity contribution in [3.05, 3.63) is 28.5 Å². The van der Waals surface area contributed by atoms with Gasteiger partial charge in [-0.15, -0.1) is 0 Å². The van der Waals surface area contributed by atoms with E-state index in [4.69, 9.17) is 0 Å². The first-order valence-corrected chi connectivity index (χ1v) is 8.08. The lowest BCUT2D eigenvalue weighted by molar-refractivity contribution is 0.579. The molecule has 16 heavy (non-hydrogen) atoms. The van der Waals surface area contributed by atoms with E-state index in [-0.39, 0.29) is 9.37 Å². The van der Waals surface area contributed by atoms with Crippen LogP contribution in [0.3, 0.4) is 0 Å². The van der Waals surface area contributed by atoms with Crippen LogP contribution in [-0.2, 0) is 10.0 Å². The minimum absolute atomic E-state index is 0.0608. The number of rotatable bonds is 5. The van der Waals surface area contributed by atoms with Crippen molar-refractivity contribution in [1.82, 2.24) is 4.72 Å². The highest BCUT2D eigenvalue weighted by molar-refractivity contribution is 9.10. The summed E-state index contributed by atoms with van der Waals surface area (Å²) in [4.78, 5) is -0.0608. The number of thioether (sulfide) groups is 1. The van der Waals surface area contributed by atoms with Gasteiger partial charge >= 0.3 is 0 Å². The Balaban J connectivity index is 2.86. The van der Waals surface area contributed by atoms with Gasteiger partial charge in [-0.1, -0.05) is 0 Å². The highest BCUT2D eigenvalue weighted by Gasteiger charge is 2.14. The molecule has 1 N–H and O–H groups in total. The van der Waals surface area contributed by atoms with Crippen molar-refractivity contribution in [2.45, 2.75) is 4.90 Å². The topological polar surface area (TPSA) is 46.2 Å². The van der Waals surface area contributed by atoms with Crippen LogP contribution in [0.15, 0.2) is 27.6 Å². The quantitative estimate of drug-likeness (QED) is 0.843. The molecule has 0 radical (unpaired) electrons. The zero-order valence-electron chi connectivity index (χ0n) is 8.54. The molecule has 3 nitrogen and oxygen atoms in total. The molecule has 0 aliphatic carbocycles. The molecule has 0 spiro atoms. The van der Waals surface area contributed by atoms with Crippen molar-refractivity contribution in [2.24, 2.45) is 0 Å². The highest BCUT2D eigenvalue weighted by atomic mass is 79.9. The average molecular weight is 328 g/mol. The van der Waals surface area contributed by atoms with Crippen LogP contribution in [0.5, 0.6) is 0 Å². The molecule has 1 aromatic rings. The second-order valence-electron chi connectivity index (χ2n) is 2.97. The van der Waals surface area contributed by atoms with Gasteiger partial charge in [-0.25, -0.2) is 17.5 Å². The summed E-state index contributed by atoms with van der Waals surface area (Å²) in [5.74, 6) is 0.0888. The molecule has 0 aromatic heterocycles. The third-order valence-electron chi connectivity index (χ3n) is 1.80. The Morgan fingerprint density at radius 2 is 2.19 bits per heavy atom. The molecular formula is C9H11BrFNO2S2. The van der Waals surface area contributed by atoms with E-state index in [1.54, 1.807) is 0 Å². The second-order valence-corrected chi connectivity index (χ2v) is 6.57. The first-order chi connectivity index (χ1) is 7.47. The molecule has 0 bridgehead atoms. The van der Waals surface area contributed by atoms with Crippen LogP contribution in [0.2, 0.25) is 0 Å². The van der Waals surface area contributed by atoms with Crippen molar-refractivity contribution in [3.63, 3.8) is 0 Å². The van der Waals surface area contributed by atoms with Gasteiger partial charge in [-0.3, -0.25) is 0 Å². The number of sulfonamides is 1. The molecule has 7 heteroatoms. The maximum absolute atomic E-state index is 13.2. The molecule has 0 aliphatic heterocycles. The molecule has 0 saturated carbocycles. The van der Waals surface area contributed by atoms with Gasteiger partial charge in [0.15, 0.2) is 0 Å². The smallest absolute Gasteiger partial charge is 0.210 e. The number of hydrogen-bond donors (Lipinski definition) is 1. The molecule has 0 amide bonds. The van der Waals surface area contributed by atoms with Crippen molar-refractivity contribution in [1.29, 1.82) is 0 Å². The maximum atomic E-state index is 13.2. The van der Waals surface area contributed by atoms with E-state index in [1.165, 1.54) is 23.9 Å². The van der Waals surface area contributed by atoms with Crippen molar-refractivity contribution in [3.8, 4) is 0 Å². The fourth-order valence-electron chi connectivity index (χ4n) is 1.01. The van der Waals surface area contributed by atoms with Crippen LogP contribution in [0.25, 0.3) is 0 Å². The zero-order chi connectivity index (χ0) is 12.2. The molecule has 0 aliphatic rings. The molecule has 0 atom stereocenters. The zero-order valence-corrected chi connectivity index (χ0v) is 11.8. The van der Waals surface area contributed by atoms with Gasteiger partial charge in [0.05, 0.1) is 9.37 Å². The molecular weight excluding hydrogens is 317 g/mol. The number of nitrogens with one attached hydrogen (secondary N) is 1. The molecule has 0 heterocycles. The van der Waals surface area contributed by atoms with Crippen LogP contribution >= 0.6 is 27.7 Å². The summed E-state index contributed by atoms with van der Waals surface area (Å²) in [7, 11) is -3.60. The van der Waals surface area contributed by atoms with Crippen molar-refractivity contribution < 1.29 is 12.8 Å². The Kier molecular flexibility index (Phi) is 5.23. The third-order valence-corrected chi connectivity index (χ3v) is 4.51. The minimum Gasteiger partial charge on any atom is -0.210 e. The summed E-state index contributed by atoms with van der Waals surface area (Å²) in [6.45, 7) is 0.335. The molecule has 1 aromatic carbocycles. The Morgan fingerprint density at radius 1 is 1.50 bits per heavy atom. The van der Waals surface area contributed by atoms with Crippen LogP contribution in [0.4, 0.5) is 4.39 Å². The molecule has 1 rings (SSSR count). The lowest BCUT2D eigenvalue weighted by atomic mass is 10.3. The van der Waals surface area contributed by atoms with E-state index >= 15 is 0 Å². The Labute approximate surface area is 107 Å². The van der Waals surface area contributed by atoms with Gasteiger partial charge in [-0.05, 0) is 40.4 Å². The average Bonchev–Trinajstić information content (AvgIpc) is 2.22. The molecule has 0 fully saturated rings. The summed E-state index contributed by atoms with van der Waals surface area (Å²) in [6.07, 6.45) is 1.88. The number of hydrogen-bond acceptors (Lipinski definition) is 3. The Bertz CT molecular complexity index is 465. The van der Waals surface area contributed by atoms with Gasteiger partial charge in [0, 0.05) is 12.3 Å². The van der Waals surface area contributed by atoms with Crippen molar-refractivity contribution >= 4 is 37.7 Å². The molecule has 0 saturated heterocycles. The number of halogens is 2. The third kappa shape index (κ3) is 3.73. The normalized spacial score (nSPS) is 11.7. The Morgan fingerprint density at radius 3 is 2.75 bits per heavy atom. The van der Waals surface area contributed by atoms with Crippen molar-refractivity contribution in [2.75, 3.05) is 18.6 Å². The van der Waals surface area contributed by atoms with Gasteiger partial charge in [0.2, 0.25) is 10.0 Å². The summed E-state index contributed by atoms with van der Waals surface area (Å²) < 4.78 is 39.1. The molecule has 0 unspecified atom stereocenters. The van der Waals surface area contributed by atoms with E-state index in [0.717, 1.165) is 6.07 Å². The standard InChI is InChI=1S/C9H11BrFNO2S2/c1-15-5-4-12-16(13,14)7-2-3-8(10)9(11)6-7/h2-3,6,12H,4-5H2,1H3. The maximum Gasteiger partial charge on any atom is 0.240 e. The lowest BCUT2D eigenvalue weighted by Crippen LogP contribution is -2.26. The number of benzene rings is 1. The van der Waals surface area contributed by atoms with Crippen LogP contribution in [0.1, 0.15) is 0 Å². The summed E-state index contributed by atoms with van der Waals surface area (Å²) >= 11 is 4.50. The first kappa shape index (κ1) is 14.0. The van der Waals surface area contributed by atoms with E-state index in [9.17, 15) is 12.8 Å². The highest BCUT2D eigenvalue weighted by Crippen LogP contribution is 2.19. The fraction of sp³-hybridized carbons (Fsp3) is 0.333.